The first kappa shape index (κ1) is 10.4. The van der Waals surface area contributed by atoms with Gasteiger partial charge in [-0.1, -0.05) is 6.92 Å². The molecule has 2 heteroatoms. The van der Waals surface area contributed by atoms with Gasteiger partial charge in [0.2, 0.25) is 0 Å². The fourth-order valence-electron chi connectivity index (χ4n) is 4.01. The van der Waals surface area contributed by atoms with Crippen LogP contribution in [0.5, 0.6) is 0 Å². The Kier molecular flexibility index (Phi) is 2.59. The Bertz CT molecular complexity index is 218. The Labute approximate surface area is 86.2 Å². The number of rotatable bonds is 2. The molecule has 3 atom stereocenters. The van der Waals surface area contributed by atoms with Crippen LogP contribution in [-0.4, -0.2) is 12.2 Å². The van der Waals surface area contributed by atoms with Crippen molar-refractivity contribution in [3.8, 4) is 0 Å². The highest BCUT2D eigenvalue weighted by molar-refractivity contribution is 4.97. The van der Waals surface area contributed by atoms with Gasteiger partial charge in [-0.3, -0.25) is 4.39 Å². The van der Waals surface area contributed by atoms with Gasteiger partial charge in [-0.15, -0.1) is 0 Å². The van der Waals surface area contributed by atoms with Crippen molar-refractivity contribution in [2.75, 3.05) is 6.67 Å². The average molecular weight is 200 g/mol. The van der Waals surface area contributed by atoms with Crippen molar-refractivity contribution in [3.63, 3.8) is 0 Å². The Morgan fingerprint density at radius 3 is 2.86 bits per heavy atom. The average Bonchev–Trinajstić information content (AvgIpc) is 2.00. The van der Waals surface area contributed by atoms with Crippen LogP contribution in [0.25, 0.3) is 0 Å². The van der Waals surface area contributed by atoms with E-state index < -0.39 is 0 Å². The number of fused-ring (bicyclic) bond motifs is 2. The molecule has 0 radical (unpaired) electrons. The molecule has 2 saturated carbocycles. The van der Waals surface area contributed by atoms with Crippen LogP contribution in [0.3, 0.4) is 0 Å². The van der Waals surface area contributed by atoms with Crippen LogP contribution in [-0.2, 0) is 0 Å². The number of hydrogen-bond donors (Lipinski definition) is 1. The third-order valence-corrected chi connectivity index (χ3v) is 4.32. The summed E-state index contributed by atoms with van der Waals surface area (Å²) >= 11 is 0. The minimum absolute atomic E-state index is 0.153. The zero-order chi connectivity index (χ0) is 10.2. The molecule has 3 unspecified atom stereocenters. The molecule has 1 nitrogen and oxygen atoms in total. The largest absolute Gasteiger partial charge is 0.353 e. The number of halogens is 1. The van der Waals surface area contributed by atoms with Gasteiger partial charge in [0, 0.05) is 19.3 Å². The molecule has 2 bridgehead atoms. The van der Waals surface area contributed by atoms with Crippen molar-refractivity contribution in [2.45, 2.75) is 57.4 Å². The van der Waals surface area contributed by atoms with E-state index in [0.717, 1.165) is 18.8 Å². The van der Waals surface area contributed by atoms with Crippen molar-refractivity contribution >= 4 is 0 Å². The Morgan fingerprint density at radius 2 is 2.21 bits per heavy atom. The molecular weight excluding hydrogens is 177 g/mol. The van der Waals surface area contributed by atoms with Crippen LogP contribution in [0.4, 0.5) is 4.39 Å². The van der Waals surface area contributed by atoms with Gasteiger partial charge < -0.3 is 5.73 Å². The number of hydrogen-bond acceptors (Lipinski definition) is 0. The summed E-state index contributed by atoms with van der Waals surface area (Å²) in [7, 11) is 0. The van der Waals surface area contributed by atoms with Gasteiger partial charge in [0.15, 0.2) is 0 Å². The van der Waals surface area contributed by atoms with Crippen LogP contribution in [0.1, 0.15) is 51.9 Å². The molecule has 82 valence electrons. The summed E-state index contributed by atoms with van der Waals surface area (Å²) in [5, 5.41) is 0. The standard InChI is InChI=1S/C12H22FN/c1-11(5-6-13)7-10-3-2-4-12(14,8-10)9-11/h10H,2-9,14H2,1H3/p+1. The van der Waals surface area contributed by atoms with Crippen molar-refractivity contribution in [1.82, 2.24) is 0 Å². The van der Waals surface area contributed by atoms with E-state index in [1.165, 1.54) is 32.1 Å². The van der Waals surface area contributed by atoms with Crippen LogP contribution in [0, 0.1) is 11.3 Å². The zero-order valence-electron chi connectivity index (χ0n) is 9.32. The molecule has 0 amide bonds. The van der Waals surface area contributed by atoms with Gasteiger partial charge in [0.05, 0.1) is 12.2 Å². The van der Waals surface area contributed by atoms with E-state index in [1.807, 2.05) is 0 Å². The fourth-order valence-corrected chi connectivity index (χ4v) is 4.01. The summed E-state index contributed by atoms with van der Waals surface area (Å²) in [6.45, 7) is 2.11. The van der Waals surface area contributed by atoms with Crippen molar-refractivity contribution in [3.05, 3.63) is 0 Å². The van der Waals surface area contributed by atoms with Crippen LogP contribution in [0.2, 0.25) is 0 Å². The molecule has 2 fully saturated rings. The first-order valence-electron chi connectivity index (χ1n) is 5.97. The lowest BCUT2D eigenvalue weighted by Crippen LogP contribution is -2.76. The minimum atomic E-state index is -0.153. The molecule has 0 aromatic carbocycles. The second-order valence-corrected chi connectivity index (χ2v) is 6.09. The van der Waals surface area contributed by atoms with E-state index in [-0.39, 0.29) is 12.1 Å². The third-order valence-electron chi connectivity index (χ3n) is 4.32. The summed E-state index contributed by atoms with van der Waals surface area (Å²) in [6.07, 6.45) is 8.43. The maximum absolute atomic E-state index is 12.5. The highest BCUT2D eigenvalue weighted by Gasteiger charge is 2.48. The molecule has 2 aliphatic carbocycles. The molecule has 0 heterocycles. The summed E-state index contributed by atoms with van der Waals surface area (Å²) < 4.78 is 12.5. The molecular formula is C12H23FN+. The van der Waals surface area contributed by atoms with E-state index in [0.29, 0.717) is 5.54 Å². The van der Waals surface area contributed by atoms with E-state index in [4.69, 9.17) is 0 Å². The maximum atomic E-state index is 12.5. The summed E-state index contributed by atoms with van der Waals surface area (Å²) in [6, 6.07) is 0. The topological polar surface area (TPSA) is 27.6 Å². The highest BCUT2D eigenvalue weighted by atomic mass is 19.1. The smallest absolute Gasteiger partial charge is 0.0953 e. The Hall–Kier alpha value is -0.110. The van der Waals surface area contributed by atoms with E-state index in [1.54, 1.807) is 0 Å². The lowest BCUT2D eigenvalue weighted by atomic mass is 9.57. The van der Waals surface area contributed by atoms with Gasteiger partial charge in [0.25, 0.3) is 0 Å². The first-order valence-corrected chi connectivity index (χ1v) is 5.97. The van der Waals surface area contributed by atoms with E-state index in [2.05, 4.69) is 12.7 Å². The maximum Gasteiger partial charge on any atom is 0.0953 e. The monoisotopic (exact) mass is 200 g/mol. The lowest BCUT2D eigenvalue weighted by Gasteiger charge is -2.48. The predicted octanol–water partition coefficient (Wildman–Crippen LogP) is 2.32. The molecule has 0 spiro atoms. The first-order chi connectivity index (χ1) is 6.55. The van der Waals surface area contributed by atoms with Crippen LogP contribution < -0.4 is 5.73 Å². The molecule has 2 rings (SSSR count). The summed E-state index contributed by atoms with van der Waals surface area (Å²) in [5.74, 6) is 0.839. The van der Waals surface area contributed by atoms with Gasteiger partial charge >= 0.3 is 0 Å². The van der Waals surface area contributed by atoms with Crippen molar-refractivity contribution < 1.29 is 10.1 Å². The highest BCUT2D eigenvalue weighted by Crippen LogP contribution is 2.50. The molecule has 2 aliphatic rings. The molecule has 0 aliphatic heterocycles. The third kappa shape index (κ3) is 1.95. The molecule has 14 heavy (non-hydrogen) atoms. The normalized spacial score (nSPS) is 47.8. The SMILES string of the molecule is CC1(CCF)CC2CCCC([NH3+])(C2)C1. The fraction of sp³-hybridized carbons (Fsp3) is 1.00. The predicted molar refractivity (Wildman–Crippen MR) is 55.5 cm³/mol. The Balaban J connectivity index is 2.10. The van der Waals surface area contributed by atoms with Crippen molar-refractivity contribution in [2.24, 2.45) is 11.3 Å². The molecule has 0 aromatic heterocycles. The van der Waals surface area contributed by atoms with E-state index >= 15 is 0 Å². The molecule has 3 N–H and O–H groups in total. The van der Waals surface area contributed by atoms with E-state index in [9.17, 15) is 4.39 Å². The quantitative estimate of drug-likeness (QED) is 0.708. The second-order valence-electron chi connectivity index (χ2n) is 6.09. The van der Waals surface area contributed by atoms with Gasteiger partial charge in [-0.05, 0) is 37.0 Å². The minimum Gasteiger partial charge on any atom is -0.353 e. The Morgan fingerprint density at radius 1 is 1.43 bits per heavy atom. The number of alkyl halides is 1. The van der Waals surface area contributed by atoms with Crippen LogP contribution >= 0.6 is 0 Å². The number of quaternary nitrogens is 1. The summed E-state index contributed by atoms with van der Waals surface area (Å²) in [5.41, 5.74) is 4.95. The van der Waals surface area contributed by atoms with Gasteiger partial charge in [0.1, 0.15) is 0 Å². The summed E-state index contributed by atoms with van der Waals surface area (Å²) in [4.78, 5) is 0. The zero-order valence-corrected chi connectivity index (χ0v) is 9.32. The van der Waals surface area contributed by atoms with Crippen LogP contribution in [0.15, 0.2) is 0 Å². The lowest BCUT2D eigenvalue weighted by molar-refractivity contribution is -0.499. The van der Waals surface area contributed by atoms with Gasteiger partial charge in [-0.25, -0.2) is 0 Å². The molecule has 0 aromatic rings. The van der Waals surface area contributed by atoms with Crippen molar-refractivity contribution in [1.29, 1.82) is 0 Å². The second kappa shape index (κ2) is 3.48. The molecule has 0 saturated heterocycles. The van der Waals surface area contributed by atoms with Gasteiger partial charge in [-0.2, -0.15) is 0 Å².